The van der Waals surface area contributed by atoms with Gasteiger partial charge in [0.15, 0.2) is 0 Å². The molecule has 0 spiro atoms. The molecule has 0 aliphatic heterocycles. The molecule has 0 heterocycles. The van der Waals surface area contributed by atoms with Gasteiger partial charge in [0.25, 0.3) is 0 Å². The van der Waals surface area contributed by atoms with Crippen molar-refractivity contribution in [1.29, 1.82) is 0 Å². The Kier molecular flexibility index (Phi) is 7.38. The fourth-order valence-corrected chi connectivity index (χ4v) is 1.93. The number of benzene rings is 1. The highest BCUT2D eigenvalue weighted by Crippen LogP contribution is 2.23. The molecule has 0 saturated heterocycles. The maximum atomic E-state index is 10.9. The second-order valence-corrected chi connectivity index (χ2v) is 4.92. The van der Waals surface area contributed by atoms with Crippen LogP contribution in [0.1, 0.15) is 12.5 Å². The van der Waals surface area contributed by atoms with Gasteiger partial charge in [-0.1, -0.05) is 6.07 Å². The van der Waals surface area contributed by atoms with E-state index in [9.17, 15) is 4.79 Å². The van der Waals surface area contributed by atoms with Gasteiger partial charge in [0, 0.05) is 6.61 Å². The smallest absolute Gasteiger partial charge is 0.371 e. The molecule has 1 aromatic carbocycles. The van der Waals surface area contributed by atoms with Crippen LogP contribution in [0.15, 0.2) is 24.0 Å². The Morgan fingerprint density at radius 1 is 1.40 bits per heavy atom. The maximum absolute atomic E-state index is 10.9. The lowest BCUT2D eigenvalue weighted by atomic mass is 10.2. The molecule has 20 heavy (non-hydrogen) atoms. The van der Waals surface area contributed by atoms with E-state index < -0.39 is 5.97 Å². The van der Waals surface area contributed by atoms with Gasteiger partial charge in [-0.15, -0.1) is 0 Å². The van der Waals surface area contributed by atoms with Gasteiger partial charge in [-0.2, -0.15) is 0 Å². The summed E-state index contributed by atoms with van der Waals surface area (Å²) in [6.45, 7) is 3.55. The number of carboxylic acid groups (broad SMARTS) is 1. The standard InChI is InChI=1S/C14H17IO5/c1-3-19-6-7-20-12-8-10(4-5-11(12)15)9-13(18-2)14(16)17/h4-5,8-9H,3,6-7H2,1-2H3,(H,16,17). The predicted octanol–water partition coefficient (Wildman–Crippen LogP) is 2.78. The van der Waals surface area contributed by atoms with Gasteiger partial charge in [-0.05, 0) is 53.3 Å². The van der Waals surface area contributed by atoms with Gasteiger partial charge in [0.05, 0.1) is 17.3 Å². The molecule has 1 N–H and O–H groups in total. The molecular weight excluding hydrogens is 375 g/mol. The Morgan fingerprint density at radius 2 is 2.15 bits per heavy atom. The number of hydrogen-bond acceptors (Lipinski definition) is 4. The van der Waals surface area contributed by atoms with E-state index in [4.69, 9.17) is 19.3 Å². The molecule has 0 aliphatic carbocycles. The average Bonchev–Trinajstić information content (AvgIpc) is 2.43. The third kappa shape index (κ3) is 5.38. The monoisotopic (exact) mass is 392 g/mol. The molecule has 0 aromatic heterocycles. The lowest BCUT2D eigenvalue weighted by molar-refractivity contribution is -0.135. The molecule has 0 aliphatic rings. The topological polar surface area (TPSA) is 65.0 Å². The second kappa shape index (κ2) is 8.80. The van der Waals surface area contributed by atoms with Crippen molar-refractivity contribution in [2.45, 2.75) is 6.92 Å². The Labute approximate surface area is 131 Å². The number of halogens is 1. The van der Waals surface area contributed by atoms with Crippen molar-refractivity contribution < 1.29 is 24.1 Å². The molecule has 0 radical (unpaired) electrons. The summed E-state index contributed by atoms with van der Waals surface area (Å²) in [6.07, 6.45) is 1.45. The molecule has 0 amide bonds. The van der Waals surface area contributed by atoms with Crippen LogP contribution >= 0.6 is 22.6 Å². The van der Waals surface area contributed by atoms with Crippen molar-refractivity contribution in [1.82, 2.24) is 0 Å². The van der Waals surface area contributed by atoms with Crippen LogP contribution < -0.4 is 4.74 Å². The molecule has 110 valence electrons. The first-order valence-electron chi connectivity index (χ1n) is 6.07. The SMILES string of the molecule is CCOCCOc1cc(C=C(OC)C(=O)O)ccc1I. The largest absolute Gasteiger partial charge is 0.490 e. The van der Waals surface area contributed by atoms with Gasteiger partial charge in [-0.3, -0.25) is 0 Å². The zero-order chi connectivity index (χ0) is 15.0. The summed E-state index contributed by atoms with van der Waals surface area (Å²) >= 11 is 2.16. The van der Waals surface area contributed by atoms with E-state index >= 15 is 0 Å². The third-order valence-electron chi connectivity index (χ3n) is 2.37. The van der Waals surface area contributed by atoms with Crippen LogP contribution in [0.3, 0.4) is 0 Å². The molecule has 0 bridgehead atoms. The number of aliphatic carboxylic acids is 1. The Morgan fingerprint density at radius 3 is 2.75 bits per heavy atom. The van der Waals surface area contributed by atoms with Gasteiger partial charge in [0.1, 0.15) is 12.4 Å². The molecule has 1 aromatic rings. The molecular formula is C14H17IO5. The predicted molar refractivity (Wildman–Crippen MR) is 83.8 cm³/mol. The third-order valence-corrected chi connectivity index (χ3v) is 3.26. The second-order valence-electron chi connectivity index (χ2n) is 3.75. The zero-order valence-electron chi connectivity index (χ0n) is 11.4. The number of ether oxygens (including phenoxy) is 3. The minimum Gasteiger partial charge on any atom is -0.490 e. The highest BCUT2D eigenvalue weighted by molar-refractivity contribution is 14.1. The van der Waals surface area contributed by atoms with Crippen molar-refractivity contribution in [2.24, 2.45) is 0 Å². The van der Waals surface area contributed by atoms with E-state index in [0.29, 0.717) is 31.1 Å². The summed E-state index contributed by atoms with van der Waals surface area (Å²) in [4.78, 5) is 10.9. The van der Waals surface area contributed by atoms with Crippen LogP contribution in [-0.4, -0.2) is 38.0 Å². The Balaban J connectivity index is 2.82. The van der Waals surface area contributed by atoms with E-state index in [-0.39, 0.29) is 5.76 Å². The minimum atomic E-state index is -1.11. The van der Waals surface area contributed by atoms with E-state index in [0.717, 1.165) is 3.57 Å². The molecule has 0 unspecified atom stereocenters. The summed E-state index contributed by atoms with van der Waals surface area (Å²) in [5.41, 5.74) is 0.705. The molecule has 0 atom stereocenters. The van der Waals surface area contributed by atoms with Crippen molar-refractivity contribution >= 4 is 34.6 Å². The number of carboxylic acids is 1. The van der Waals surface area contributed by atoms with Crippen LogP contribution in [0.4, 0.5) is 0 Å². The summed E-state index contributed by atoms with van der Waals surface area (Å²) in [6, 6.07) is 5.44. The van der Waals surface area contributed by atoms with Crippen LogP contribution in [0.2, 0.25) is 0 Å². The minimum absolute atomic E-state index is 0.119. The summed E-state index contributed by atoms with van der Waals surface area (Å²) in [5, 5.41) is 8.92. The molecule has 6 heteroatoms. The van der Waals surface area contributed by atoms with Crippen molar-refractivity contribution in [3.8, 4) is 5.75 Å². The summed E-state index contributed by atoms with van der Waals surface area (Å²) in [5.74, 6) is -0.531. The number of hydrogen-bond donors (Lipinski definition) is 1. The quantitative estimate of drug-likeness (QED) is 0.319. The van der Waals surface area contributed by atoms with E-state index in [1.807, 2.05) is 13.0 Å². The number of rotatable bonds is 8. The van der Waals surface area contributed by atoms with Crippen LogP contribution in [0, 0.1) is 3.57 Å². The lowest BCUT2D eigenvalue weighted by Gasteiger charge is -2.09. The van der Waals surface area contributed by atoms with Gasteiger partial charge < -0.3 is 19.3 Å². The van der Waals surface area contributed by atoms with Gasteiger partial charge in [-0.25, -0.2) is 4.79 Å². The zero-order valence-corrected chi connectivity index (χ0v) is 13.5. The summed E-state index contributed by atoms with van der Waals surface area (Å²) < 4.78 is 16.6. The maximum Gasteiger partial charge on any atom is 0.371 e. The number of carbonyl (C=O) groups is 1. The highest BCUT2D eigenvalue weighted by atomic mass is 127. The van der Waals surface area contributed by atoms with E-state index in [1.54, 1.807) is 12.1 Å². The average molecular weight is 392 g/mol. The van der Waals surface area contributed by atoms with Gasteiger partial charge >= 0.3 is 5.97 Å². The van der Waals surface area contributed by atoms with E-state index in [2.05, 4.69) is 22.6 Å². The normalized spacial score (nSPS) is 11.2. The van der Waals surface area contributed by atoms with Crippen LogP contribution in [0.5, 0.6) is 5.75 Å². The fourth-order valence-electron chi connectivity index (χ4n) is 1.43. The van der Waals surface area contributed by atoms with E-state index in [1.165, 1.54) is 13.2 Å². The Bertz CT molecular complexity index is 484. The first kappa shape index (κ1) is 16.8. The fraction of sp³-hybridized carbons (Fsp3) is 0.357. The first-order chi connectivity index (χ1) is 9.58. The summed E-state index contributed by atoms with van der Waals surface area (Å²) in [7, 11) is 1.33. The molecule has 1 rings (SSSR count). The molecule has 0 fully saturated rings. The Hall–Kier alpha value is -1.28. The highest BCUT2D eigenvalue weighted by Gasteiger charge is 2.08. The number of methoxy groups -OCH3 is 1. The lowest BCUT2D eigenvalue weighted by Crippen LogP contribution is -2.07. The van der Waals surface area contributed by atoms with Crippen molar-refractivity contribution in [2.75, 3.05) is 26.9 Å². The first-order valence-corrected chi connectivity index (χ1v) is 7.15. The molecule has 5 nitrogen and oxygen atoms in total. The van der Waals surface area contributed by atoms with Gasteiger partial charge in [0.2, 0.25) is 5.76 Å². The van der Waals surface area contributed by atoms with Crippen molar-refractivity contribution in [3.63, 3.8) is 0 Å². The van der Waals surface area contributed by atoms with Crippen LogP contribution in [0.25, 0.3) is 6.08 Å². The van der Waals surface area contributed by atoms with Crippen LogP contribution in [-0.2, 0) is 14.3 Å². The molecule has 0 saturated carbocycles. The van der Waals surface area contributed by atoms with Crippen molar-refractivity contribution in [3.05, 3.63) is 33.1 Å².